The van der Waals surface area contributed by atoms with Gasteiger partial charge in [0, 0.05) is 38.3 Å². The number of nitrogens with zero attached hydrogens (tertiary/aromatic N) is 3. The predicted octanol–water partition coefficient (Wildman–Crippen LogP) is 2.22. The summed E-state index contributed by atoms with van der Waals surface area (Å²) in [5.41, 5.74) is 1.63. The van der Waals surface area contributed by atoms with Crippen LogP contribution >= 0.6 is 0 Å². The van der Waals surface area contributed by atoms with Crippen LogP contribution in [-0.4, -0.2) is 67.4 Å². The van der Waals surface area contributed by atoms with Crippen LogP contribution in [0.3, 0.4) is 0 Å². The van der Waals surface area contributed by atoms with Crippen LogP contribution in [0.2, 0.25) is 0 Å². The van der Waals surface area contributed by atoms with Gasteiger partial charge >= 0.3 is 6.03 Å². The molecule has 0 aliphatic carbocycles. The van der Waals surface area contributed by atoms with Gasteiger partial charge in [-0.25, -0.2) is 9.78 Å². The molecule has 144 valence electrons. The van der Waals surface area contributed by atoms with Crippen molar-refractivity contribution in [2.45, 2.75) is 45.7 Å². The normalized spacial score (nSPS) is 19.1. The second-order valence-electron chi connectivity index (χ2n) is 7.41. The number of aromatic nitrogens is 1. The summed E-state index contributed by atoms with van der Waals surface area (Å²) in [4.78, 5) is 21.4. The molecule has 0 aromatic carbocycles. The standard InChI is InChI=1S/C19H31N5O2/c1-14(2)20-16-6-8-24(9-7-16)19(25)22-17-4-5-18(21-15(17)3)23-10-12-26-13-11-23/h4-5,14,16,20H,6-13H2,1-3H3,(H,22,25). The molecule has 0 radical (unpaired) electrons. The summed E-state index contributed by atoms with van der Waals surface area (Å²) < 4.78 is 5.39. The molecular formula is C19H31N5O2. The Hall–Kier alpha value is -1.86. The Balaban J connectivity index is 1.54. The van der Waals surface area contributed by atoms with Crippen molar-refractivity contribution in [2.75, 3.05) is 49.6 Å². The van der Waals surface area contributed by atoms with E-state index in [0.717, 1.165) is 69.4 Å². The smallest absolute Gasteiger partial charge is 0.321 e. The van der Waals surface area contributed by atoms with Crippen LogP contribution in [0.4, 0.5) is 16.3 Å². The number of anilines is 2. The van der Waals surface area contributed by atoms with Gasteiger partial charge in [0.25, 0.3) is 0 Å². The van der Waals surface area contributed by atoms with Crippen molar-refractivity contribution in [1.82, 2.24) is 15.2 Å². The molecule has 2 amide bonds. The van der Waals surface area contributed by atoms with Crippen LogP contribution in [-0.2, 0) is 4.74 Å². The van der Waals surface area contributed by atoms with E-state index in [0.29, 0.717) is 12.1 Å². The Morgan fingerprint density at radius 2 is 1.88 bits per heavy atom. The number of aryl methyl sites for hydroxylation is 1. The highest BCUT2D eigenvalue weighted by molar-refractivity contribution is 5.90. The molecule has 3 heterocycles. The molecule has 2 aliphatic rings. The number of carbonyl (C=O) groups excluding carboxylic acids is 1. The van der Waals surface area contributed by atoms with Crippen molar-refractivity contribution >= 4 is 17.5 Å². The fraction of sp³-hybridized carbons (Fsp3) is 0.684. The van der Waals surface area contributed by atoms with E-state index in [1.165, 1.54) is 0 Å². The third-order valence-corrected chi connectivity index (χ3v) is 5.00. The molecule has 1 aromatic rings. The second kappa shape index (κ2) is 8.68. The van der Waals surface area contributed by atoms with Crippen molar-refractivity contribution in [3.8, 4) is 0 Å². The van der Waals surface area contributed by atoms with Gasteiger partial charge in [-0.15, -0.1) is 0 Å². The maximum atomic E-state index is 12.6. The number of nitrogens with one attached hydrogen (secondary N) is 2. The first-order chi connectivity index (χ1) is 12.5. The van der Waals surface area contributed by atoms with E-state index in [-0.39, 0.29) is 6.03 Å². The molecule has 0 atom stereocenters. The Kier molecular flexibility index (Phi) is 6.32. The van der Waals surface area contributed by atoms with Crippen molar-refractivity contribution in [3.05, 3.63) is 17.8 Å². The van der Waals surface area contributed by atoms with Gasteiger partial charge in [-0.2, -0.15) is 0 Å². The number of hydrogen-bond acceptors (Lipinski definition) is 5. The van der Waals surface area contributed by atoms with Crippen molar-refractivity contribution < 1.29 is 9.53 Å². The van der Waals surface area contributed by atoms with Crippen molar-refractivity contribution in [3.63, 3.8) is 0 Å². The Morgan fingerprint density at radius 1 is 1.19 bits per heavy atom. The number of morpholine rings is 1. The number of urea groups is 1. The lowest BCUT2D eigenvalue weighted by molar-refractivity contribution is 0.122. The minimum Gasteiger partial charge on any atom is -0.378 e. The summed E-state index contributed by atoms with van der Waals surface area (Å²) in [5, 5.41) is 6.58. The molecule has 1 aromatic heterocycles. The molecule has 0 unspecified atom stereocenters. The topological polar surface area (TPSA) is 69.7 Å². The van der Waals surface area contributed by atoms with E-state index in [4.69, 9.17) is 4.74 Å². The van der Waals surface area contributed by atoms with Crippen molar-refractivity contribution in [1.29, 1.82) is 0 Å². The number of likely N-dealkylation sites (tertiary alicyclic amines) is 1. The fourth-order valence-electron chi connectivity index (χ4n) is 3.56. The van der Waals surface area contributed by atoms with E-state index in [2.05, 4.69) is 34.4 Å². The summed E-state index contributed by atoms with van der Waals surface area (Å²) in [5.74, 6) is 0.948. The zero-order valence-corrected chi connectivity index (χ0v) is 16.1. The van der Waals surface area contributed by atoms with Gasteiger partial charge in [0.05, 0.1) is 24.6 Å². The average Bonchev–Trinajstić information content (AvgIpc) is 2.64. The molecule has 7 heteroatoms. The van der Waals surface area contributed by atoms with Crippen LogP contribution in [0.25, 0.3) is 0 Å². The lowest BCUT2D eigenvalue weighted by Gasteiger charge is -2.33. The summed E-state index contributed by atoms with van der Waals surface area (Å²) in [6.45, 7) is 11.0. The number of carbonyl (C=O) groups is 1. The van der Waals surface area contributed by atoms with Gasteiger partial charge in [0.15, 0.2) is 0 Å². The summed E-state index contributed by atoms with van der Waals surface area (Å²) in [6, 6.07) is 4.90. The predicted molar refractivity (Wildman–Crippen MR) is 104 cm³/mol. The van der Waals surface area contributed by atoms with Crippen LogP contribution in [0.1, 0.15) is 32.4 Å². The SMILES string of the molecule is Cc1nc(N2CCOCC2)ccc1NC(=O)N1CCC(NC(C)C)CC1. The Labute approximate surface area is 156 Å². The first kappa shape index (κ1) is 18.9. The first-order valence-corrected chi connectivity index (χ1v) is 9.65. The molecule has 2 fully saturated rings. The minimum absolute atomic E-state index is 0.0305. The molecular weight excluding hydrogens is 330 g/mol. The molecule has 0 saturated carbocycles. The summed E-state index contributed by atoms with van der Waals surface area (Å²) in [7, 11) is 0. The molecule has 3 rings (SSSR count). The quantitative estimate of drug-likeness (QED) is 0.861. The summed E-state index contributed by atoms with van der Waals surface area (Å²) in [6.07, 6.45) is 2.00. The maximum Gasteiger partial charge on any atom is 0.321 e. The molecule has 2 N–H and O–H groups in total. The number of amides is 2. The second-order valence-corrected chi connectivity index (χ2v) is 7.41. The average molecular weight is 361 g/mol. The fourth-order valence-corrected chi connectivity index (χ4v) is 3.56. The molecule has 2 aliphatic heterocycles. The van der Waals surface area contributed by atoms with Crippen LogP contribution in [0.15, 0.2) is 12.1 Å². The highest BCUT2D eigenvalue weighted by atomic mass is 16.5. The van der Waals surface area contributed by atoms with E-state index >= 15 is 0 Å². The monoisotopic (exact) mass is 361 g/mol. The van der Waals surface area contributed by atoms with E-state index < -0.39 is 0 Å². The third-order valence-electron chi connectivity index (χ3n) is 5.00. The Bertz CT molecular complexity index is 608. The molecule has 26 heavy (non-hydrogen) atoms. The number of ether oxygens (including phenoxy) is 1. The minimum atomic E-state index is -0.0305. The van der Waals surface area contributed by atoms with E-state index in [1.807, 2.05) is 24.0 Å². The largest absolute Gasteiger partial charge is 0.378 e. The van der Waals surface area contributed by atoms with Gasteiger partial charge in [-0.05, 0) is 31.9 Å². The highest BCUT2D eigenvalue weighted by Gasteiger charge is 2.23. The van der Waals surface area contributed by atoms with Gasteiger partial charge in [0.2, 0.25) is 0 Å². The lowest BCUT2D eigenvalue weighted by atomic mass is 10.0. The first-order valence-electron chi connectivity index (χ1n) is 9.65. The van der Waals surface area contributed by atoms with E-state index in [9.17, 15) is 4.79 Å². The summed E-state index contributed by atoms with van der Waals surface area (Å²) >= 11 is 0. The van der Waals surface area contributed by atoms with Crippen LogP contribution in [0, 0.1) is 6.92 Å². The molecule has 0 bridgehead atoms. The number of pyridine rings is 1. The van der Waals surface area contributed by atoms with Gasteiger partial charge in [-0.1, -0.05) is 13.8 Å². The molecule has 7 nitrogen and oxygen atoms in total. The van der Waals surface area contributed by atoms with Crippen LogP contribution < -0.4 is 15.5 Å². The number of piperidine rings is 1. The molecule has 2 saturated heterocycles. The molecule has 0 spiro atoms. The Morgan fingerprint density at radius 3 is 2.50 bits per heavy atom. The number of rotatable bonds is 4. The zero-order chi connectivity index (χ0) is 18.5. The highest BCUT2D eigenvalue weighted by Crippen LogP contribution is 2.20. The van der Waals surface area contributed by atoms with Gasteiger partial charge in [-0.3, -0.25) is 0 Å². The van der Waals surface area contributed by atoms with Gasteiger partial charge < -0.3 is 25.2 Å². The van der Waals surface area contributed by atoms with Crippen molar-refractivity contribution in [2.24, 2.45) is 0 Å². The maximum absolute atomic E-state index is 12.6. The zero-order valence-electron chi connectivity index (χ0n) is 16.1. The number of hydrogen-bond donors (Lipinski definition) is 2. The third kappa shape index (κ3) is 4.86. The van der Waals surface area contributed by atoms with E-state index in [1.54, 1.807) is 0 Å². The van der Waals surface area contributed by atoms with Gasteiger partial charge in [0.1, 0.15) is 5.82 Å². The lowest BCUT2D eigenvalue weighted by Crippen LogP contribution is -2.47. The van der Waals surface area contributed by atoms with Crippen LogP contribution in [0.5, 0.6) is 0 Å².